The van der Waals surface area contributed by atoms with E-state index in [-0.39, 0.29) is 46.7 Å². The lowest BCUT2D eigenvalue weighted by molar-refractivity contribution is -0.115. The minimum Gasteiger partial charge on any atom is -0.339 e. The fourth-order valence-corrected chi connectivity index (χ4v) is 4.45. The number of anilines is 5. The molecule has 1 aromatic heterocycles. The molecule has 1 aliphatic rings. The monoisotopic (exact) mass is 563 g/mol. The lowest BCUT2D eigenvalue weighted by Crippen LogP contribution is -2.35. The van der Waals surface area contributed by atoms with Crippen LogP contribution >= 0.6 is 0 Å². The highest BCUT2D eigenvalue weighted by Gasteiger charge is 2.35. The van der Waals surface area contributed by atoms with Crippen LogP contribution in [0.3, 0.4) is 0 Å². The van der Waals surface area contributed by atoms with Gasteiger partial charge in [-0.1, -0.05) is 32.9 Å². The van der Waals surface area contributed by atoms with Gasteiger partial charge in [-0.15, -0.1) is 0 Å². The number of aryl methyl sites for hydroxylation is 1. The Morgan fingerprint density at radius 3 is 2.39 bits per heavy atom. The highest BCUT2D eigenvalue weighted by molar-refractivity contribution is 6.09. The van der Waals surface area contributed by atoms with E-state index in [1.54, 1.807) is 63.1 Å². The topological polar surface area (TPSA) is 104 Å². The minimum atomic E-state index is -0.551. The van der Waals surface area contributed by atoms with E-state index in [4.69, 9.17) is 0 Å². The van der Waals surface area contributed by atoms with Gasteiger partial charge in [-0.3, -0.25) is 28.6 Å². The molecule has 1 aliphatic carbocycles. The summed E-state index contributed by atoms with van der Waals surface area (Å²) in [5.41, 5.74) is 1.42. The zero-order valence-electron chi connectivity index (χ0n) is 24.7. The molecule has 3 amide bonds. The highest BCUT2D eigenvalue weighted by Crippen LogP contribution is 2.38. The summed E-state index contributed by atoms with van der Waals surface area (Å²) in [6.07, 6.45) is 2.47. The molecule has 2 N–H and O–H groups in total. The number of halogens is 1. The first kappa shape index (κ1) is 31.1. The van der Waals surface area contributed by atoms with E-state index in [1.807, 2.05) is 13.8 Å². The summed E-state index contributed by atoms with van der Waals surface area (Å²) in [7, 11) is 3.17. The number of carbonyl (C=O) groups excluding carboxylic acids is 3. The zero-order chi connectivity index (χ0) is 30.4. The number of benzene rings is 2. The van der Waals surface area contributed by atoms with Crippen LogP contribution in [-0.4, -0.2) is 40.8 Å². The van der Waals surface area contributed by atoms with Crippen molar-refractivity contribution in [1.29, 1.82) is 0 Å². The van der Waals surface area contributed by atoms with Gasteiger partial charge in [0.1, 0.15) is 17.2 Å². The fourth-order valence-electron chi connectivity index (χ4n) is 4.45. The summed E-state index contributed by atoms with van der Waals surface area (Å²) in [5.74, 6) is -1.11. The molecule has 1 heterocycles. The molecule has 0 aliphatic heterocycles. The summed E-state index contributed by atoms with van der Waals surface area (Å²) >= 11 is 0. The van der Waals surface area contributed by atoms with Crippen LogP contribution in [0.25, 0.3) is 0 Å². The van der Waals surface area contributed by atoms with E-state index in [2.05, 4.69) is 10.6 Å². The Kier molecular flexibility index (Phi) is 10.0. The molecular weight excluding hydrogens is 525 g/mol. The number of carbonyl (C=O) groups is 3. The normalized spacial score (nSPS) is 12.1. The van der Waals surface area contributed by atoms with Crippen LogP contribution in [0.2, 0.25) is 0 Å². The largest absolute Gasteiger partial charge is 0.339 e. The number of aromatic nitrogens is 1. The molecule has 4 rings (SSSR count). The average Bonchev–Trinajstić information content (AvgIpc) is 3.82. The standard InChI is InChI=1S/C29H32FN5O4.C2H6/c1-6-24(37)31-19-8-7-9-21(15-19)35(16-36)26-18(3)28(38)34(5)27(25(26)29(39)33(4)20-11-12-20)32-23-13-10-17(2)14-22(23)30;1-2/h7-10,13-16,20,32H,6,11-12H2,1-5H3,(H,31,37);1-2H3. The van der Waals surface area contributed by atoms with Crippen LogP contribution in [0.15, 0.2) is 47.3 Å². The van der Waals surface area contributed by atoms with Crippen LogP contribution in [0.4, 0.5) is 33.0 Å². The van der Waals surface area contributed by atoms with Crippen molar-refractivity contribution in [2.24, 2.45) is 7.05 Å². The number of pyridine rings is 1. The number of nitrogens with zero attached hydrogens (tertiary/aromatic N) is 3. The van der Waals surface area contributed by atoms with Gasteiger partial charge in [0, 0.05) is 37.8 Å². The third-order valence-corrected chi connectivity index (χ3v) is 6.87. The van der Waals surface area contributed by atoms with E-state index in [9.17, 15) is 23.6 Å². The number of nitrogens with one attached hydrogen (secondary N) is 2. The Morgan fingerprint density at radius 1 is 1.12 bits per heavy atom. The lowest BCUT2D eigenvalue weighted by Gasteiger charge is -2.28. The maximum absolute atomic E-state index is 14.9. The quantitative estimate of drug-likeness (QED) is 0.321. The van der Waals surface area contributed by atoms with E-state index in [0.717, 1.165) is 12.8 Å². The second kappa shape index (κ2) is 13.3. The van der Waals surface area contributed by atoms with Gasteiger partial charge < -0.3 is 15.5 Å². The van der Waals surface area contributed by atoms with Crippen LogP contribution in [0, 0.1) is 19.7 Å². The van der Waals surface area contributed by atoms with Crippen LogP contribution in [-0.2, 0) is 16.6 Å². The smallest absolute Gasteiger partial charge is 0.259 e. The first-order valence-electron chi connectivity index (χ1n) is 13.8. The number of rotatable bonds is 9. The third-order valence-electron chi connectivity index (χ3n) is 6.87. The van der Waals surface area contributed by atoms with Crippen LogP contribution in [0.5, 0.6) is 0 Å². The van der Waals surface area contributed by atoms with Crippen molar-refractivity contribution in [2.45, 2.75) is 59.9 Å². The lowest BCUT2D eigenvalue weighted by atomic mass is 10.1. The summed E-state index contributed by atoms with van der Waals surface area (Å²) in [6, 6.07) is 11.2. The molecule has 41 heavy (non-hydrogen) atoms. The van der Waals surface area contributed by atoms with Gasteiger partial charge in [0.25, 0.3) is 11.5 Å². The molecule has 1 fully saturated rings. The second-order valence-electron chi connectivity index (χ2n) is 9.74. The van der Waals surface area contributed by atoms with Gasteiger partial charge in [-0.2, -0.15) is 0 Å². The molecular formula is C31H38FN5O4. The maximum atomic E-state index is 14.9. The predicted molar refractivity (Wildman–Crippen MR) is 161 cm³/mol. The molecule has 1 saturated carbocycles. The summed E-state index contributed by atoms with van der Waals surface area (Å²) in [6.45, 7) is 9.02. The fraction of sp³-hybridized carbons (Fsp3) is 0.355. The molecule has 0 unspecified atom stereocenters. The molecule has 0 atom stereocenters. The maximum Gasteiger partial charge on any atom is 0.259 e. The molecule has 0 saturated heterocycles. The van der Waals surface area contributed by atoms with Gasteiger partial charge in [-0.05, 0) is 62.6 Å². The average molecular weight is 564 g/mol. The van der Waals surface area contributed by atoms with Gasteiger partial charge in [-0.25, -0.2) is 4.39 Å². The van der Waals surface area contributed by atoms with E-state index < -0.39 is 17.3 Å². The Hall–Kier alpha value is -4.47. The van der Waals surface area contributed by atoms with Gasteiger partial charge in [0.2, 0.25) is 12.3 Å². The molecule has 218 valence electrons. The number of hydrogen-bond donors (Lipinski definition) is 2. The SMILES string of the molecule is CC.CCC(=O)Nc1cccc(N(C=O)c2c(C(=O)N(C)C3CC3)c(Nc3ccc(C)cc3F)n(C)c(=O)c2C)c1. The Balaban J connectivity index is 0.00000226. The summed E-state index contributed by atoms with van der Waals surface area (Å²) < 4.78 is 16.2. The molecule has 3 aromatic rings. The highest BCUT2D eigenvalue weighted by atomic mass is 19.1. The van der Waals surface area contributed by atoms with Crippen LogP contribution < -0.4 is 21.1 Å². The van der Waals surface area contributed by atoms with Crippen molar-refractivity contribution in [3.63, 3.8) is 0 Å². The van der Waals surface area contributed by atoms with Gasteiger partial charge in [0.15, 0.2) is 0 Å². The summed E-state index contributed by atoms with van der Waals surface area (Å²) in [4.78, 5) is 54.8. The van der Waals surface area contributed by atoms with Gasteiger partial charge >= 0.3 is 0 Å². The first-order valence-corrected chi connectivity index (χ1v) is 13.8. The second-order valence-corrected chi connectivity index (χ2v) is 9.74. The molecule has 2 aromatic carbocycles. The van der Waals surface area contributed by atoms with E-state index >= 15 is 0 Å². The molecule has 9 nitrogen and oxygen atoms in total. The van der Waals surface area contributed by atoms with Crippen molar-refractivity contribution < 1.29 is 18.8 Å². The molecule has 10 heteroatoms. The minimum absolute atomic E-state index is 0.0316. The van der Waals surface area contributed by atoms with Crippen molar-refractivity contribution in [1.82, 2.24) is 9.47 Å². The van der Waals surface area contributed by atoms with Gasteiger partial charge in [0.05, 0.1) is 17.1 Å². The van der Waals surface area contributed by atoms with Crippen molar-refractivity contribution in [3.05, 3.63) is 75.3 Å². The predicted octanol–water partition coefficient (Wildman–Crippen LogP) is 5.79. The Labute approximate surface area is 240 Å². The number of amides is 3. The zero-order valence-corrected chi connectivity index (χ0v) is 24.7. The molecule has 0 radical (unpaired) electrons. The Bertz CT molecular complexity index is 1510. The van der Waals surface area contributed by atoms with Crippen molar-refractivity contribution in [2.75, 3.05) is 22.6 Å². The van der Waals surface area contributed by atoms with Crippen molar-refractivity contribution in [3.8, 4) is 0 Å². The van der Waals surface area contributed by atoms with E-state index in [1.165, 1.54) is 28.6 Å². The van der Waals surface area contributed by atoms with E-state index in [0.29, 0.717) is 23.3 Å². The molecule has 0 bridgehead atoms. The molecule has 0 spiro atoms. The first-order chi connectivity index (χ1) is 19.6. The van der Waals surface area contributed by atoms with Crippen LogP contribution in [0.1, 0.15) is 61.5 Å². The van der Waals surface area contributed by atoms with Crippen molar-refractivity contribution >= 4 is 46.8 Å². The third kappa shape index (κ3) is 6.65. The summed E-state index contributed by atoms with van der Waals surface area (Å²) in [5, 5.41) is 5.71. The number of hydrogen-bond acceptors (Lipinski definition) is 5. The Morgan fingerprint density at radius 2 is 1.80 bits per heavy atom.